The molecular formula is C14H7BrClNO2. The minimum Gasteiger partial charge on any atom is -0.456 e. The highest BCUT2D eigenvalue weighted by Crippen LogP contribution is 2.31. The van der Waals surface area contributed by atoms with Crippen LogP contribution in [-0.4, -0.2) is 6.29 Å². The molecule has 19 heavy (non-hydrogen) atoms. The molecule has 0 amide bonds. The van der Waals surface area contributed by atoms with E-state index in [2.05, 4.69) is 15.9 Å². The first-order valence-corrected chi connectivity index (χ1v) is 6.43. The molecule has 0 aliphatic carbocycles. The Balaban J connectivity index is 2.31. The molecule has 0 spiro atoms. The van der Waals surface area contributed by atoms with Crippen LogP contribution in [0.4, 0.5) is 0 Å². The van der Waals surface area contributed by atoms with Crippen molar-refractivity contribution in [2.24, 2.45) is 0 Å². The number of carbonyl (C=O) groups excluding carboxylic acids is 1. The Labute approximate surface area is 123 Å². The number of aldehydes is 1. The lowest BCUT2D eigenvalue weighted by molar-refractivity contribution is 0.112. The van der Waals surface area contributed by atoms with Crippen LogP contribution in [0.15, 0.2) is 40.9 Å². The monoisotopic (exact) mass is 335 g/mol. The summed E-state index contributed by atoms with van der Waals surface area (Å²) in [5.41, 5.74) is 0.948. The molecule has 0 aliphatic rings. The molecule has 0 saturated carbocycles. The van der Waals surface area contributed by atoms with Gasteiger partial charge in [0.2, 0.25) is 0 Å². The summed E-state index contributed by atoms with van der Waals surface area (Å²) in [6.45, 7) is 0. The highest BCUT2D eigenvalue weighted by molar-refractivity contribution is 9.10. The van der Waals surface area contributed by atoms with Crippen molar-refractivity contribution >= 4 is 33.8 Å². The molecule has 5 heteroatoms. The second-order valence-corrected chi connectivity index (χ2v) is 4.92. The molecule has 2 aromatic rings. The smallest absolute Gasteiger partial charge is 0.151 e. The summed E-state index contributed by atoms with van der Waals surface area (Å²) in [7, 11) is 0. The van der Waals surface area contributed by atoms with E-state index in [0.717, 1.165) is 6.29 Å². The molecule has 2 aromatic carbocycles. The molecule has 0 heterocycles. The molecule has 94 valence electrons. The van der Waals surface area contributed by atoms with E-state index in [4.69, 9.17) is 21.6 Å². The summed E-state index contributed by atoms with van der Waals surface area (Å²) in [5, 5.41) is 9.09. The Morgan fingerprint density at radius 3 is 2.68 bits per heavy atom. The lowest BCUT2D eigenvalue weighted by atomic mass is 10.2. The lowest BCUT2D eigenvalue weighted by Crippen LogP contribution is -1.89. The van der Waals surface area contributed by atoms with E-state index < -0.39 is 0 Å². The topological polar surface area (TPSA) is 50.1 Å². The highest BCUT2D eigenvalue weighted by atomic mass is 79.9. The van der Waals surface area contributed by atoms with Crippen LogP contribution in [0.1, 0.15) is 15.9 Å². The van der Waals surface area contributed by atoms with Gasteiger partial charge in [0.25, 0.3) is 0 Å². The molecule has 0 N–H and O–H groups in total. The zero-order valence-electron chi connectivity index (χ0n) is 9.56. The quantitative estimate of drug-likeness (QED) is 0.771. The van der Waals surface area contributed by atoms with Gasteiger partial charge in [-0.3, -0.25) is 4.79 Å². The van der Waals surface area contributed by atoms with E-state index in [1.807, 2.05) is 6.07 Å². The van der Waals surface area contributed by atoms with Gasteiger partial charge in [0, 0.05) is 10.0 Å². The van der Waals surface area contributed by atoms with Crippen molar-refractivity contribution in [3.63, 3.8) is 0 Å². The Kier molecular flexibility index (Phi) is 4.20. The first-order chi connectivity index (χ1) is 9.13. The van der Waals surface area contributed by atoms with Crippen molar-refractivity contribution in [3.05, 3.63) is 57.0 Å². The summed E-state index contributed by atoms with van der Waals surface area (Å²) in [6, 6.07) is 11.8. The third kappa shape index (κ3) is 3.14. The molecule has 0 aromatic heterocycles. The maximum Gasteiger partial charge on any atom is 0.151 e. The van der Waals surface area contributed by atoms with Gasteiger partial charge in [-0.05, 0) is 36.4 Å². The van der Waals surface area contributed by atoms with Gasteiger partial charge < -0.3 is 4.74 Å². The summed E-state index contributed by atoms with van der Waals surface area (Å²) in [6.07, 6.45) is 0.733. The van der Waals surface area contributed by atoms with Crippen molar-refractivity contribution < 1.29 is 9.53 Å². The van der Waals surface area contributed by atoms with Crippen molar-refractivity contribution in [1.29, 1.82) is 5.26 Å². The Bertz CT molecular complexity index is 680. The fraction of sp³-hybridized carbons (Fsp3) is 0. The Hall–Kier alpha value is -1.83. The van der Waals surface area contributed by atoms with Crippen molar-refractivity contribution in [1.82, 2.24) is 0 Å². The summed E-state index contributed by atoms with van der Waals surface area (Å²) in [5.74, 6) is 0.928. The molecule has 0 bridgehead atoms. The average Bonchev–Trinajstić information content (AvgIpc) is 2.43. The largest absolute Gasteiger partial charge is 0.456 e. The van der Waals surface area contributed by atoms with Gasteiger partial charge in [-0.2, -0.15) is 5.26 Å². The number of hydrogen-bond donors (Lipinski definition) is 0. The number of carbonyl (C=O) groups is 1. The number of nitrogens with zero attached hydrogens (tertiary/aromatic N) is 1. The first kappa shape index (κ1) is 13.6. The van der Waals surface area contributed by atoms with Gasteiger partial charge >= 0.3 is 0 Å². The third-order valence-electron chi connectivity index (χ3n) is 2.38. The Morgan fingerprint density at radius 2 is 2.05 bits per heavy atom. The van der Waals surface area contributed by atoms with E-state index in [1.165, 1.54) is 6.07 Å². The van der Waals surface area contributed by atoms with Crippen LogP contribution < -0.4 is 4.74 Å². The second kappa shape index (κ2) is 5.87. The predicted octanol–water partition coefficient (Wildman–Crippen LogP) is 4.58. The minimum absolute atomic E-state index is 0.342. The fourth-order valence-electron chi connectivity index (χ4n) is 1.46. The first-order valence-electron chi connectivity index (χ1n) is 5.26. The van der Waals surface area contributed by atoms with Gasteiger partial charge in [0.1, 0.15) is 11.5 Å². The molecule has 0 atom stereocenters. The molecule has 2 rings (SSSR count). The van der Waals surface area contributed by atoms with E-state index in [1.54, 1.807) is 30.3 Å². The molecule has 0 saturated heterocycles. The van der Waals surface area contributed by atoms with Gasteiger partial charge in [0.05, 0.1) is 16.7 Å². The van der Waals surface area contributed by atoms with Crippen molar-refractivity contribution in [2.75, 3.05) is 0 Å². The zero-order valence-corrected chi connectivity index (χ0v) is 11.9. The number of nitriles is 1. The van der Waals surface area contributed by atoms with Gasteiger partial charge in [-0.15, -0.1) is 0 Å². The van der Waals surface area contributed by atoms with E-state index in [-0.39, 0.29) is 0 Å². The van der Waals surface area contributed by atoms with E-state index >= 15 is 0 Å². The summed E-state index contributed by atoms with van der Waals surface area (Å²) in [4.78, 5) is 10.8. The van der Waals surface area contributed by atoms with Gasteiger partial charge in [0.15, 0.2) is 6.29 Å². The molecule has 0 fully saturated rings. The Morgan fingerprint density at radius 1 is 1.26 bits per heavy atom. The van der Waals surface area contributed by atoms with Gasteiger partial charge in [-0.25, -0.2) is 0 Å². The van der Waals surface area contributed by atoms with Crippen LogP contribution >= 0.6 is 27.5 Å². The van der Waals surface area contributed by atoms with Crippen LogP contribution in [0.2, 0.25) is 5.02 Å². The van der Waals surface area contributed by atoms with Crippen molar-refractivity contribution in [3.8, 4) is 17.6 Å². The molecule has 3 nitrogen and oxygen atoms in total. The number of benzene rings is 2. The average molecular weight is 337 g/mol. The van der Waals surface area contributed by atoms with E-state index in [9.17, 15) is 4.79 Å². The molecular weight excluding hydrogens is 330 g/mol. The SMILES string of the molecule is N#Cc1ccc(Oc2ccc(Br)c(C=O)c2)c(Cl)c1. The summed E-state index contributed by atoms with van der Waals surface area (Å²) < 4.78 is 6.28. The zero-order chi connectivity index (χ0) is 13.8. The predicted molar refractivity (Wildman–Crippen MR) is 75.8 cm³/mol. The normalized spacial score (nSPS) is 9.74. The van der Waals surface area contributed by atoms with Crippen LogP contribution in [0.3, 0.4) is 0 Å². The fourth-order valence-corrected chi connectivity index (χ4v) is 2.01. The van der Waals surface area contributed by atoms with Crippen LogP contribution in [0.25, 0.3) is 0 Å². The second-order valence-electron chi connectivity index (χ2n) is 3.66. The molecule has 0 unspecified atom stereocenters. The third-order valence-corrected chi connectivity index (χ3v) is 3.40. The number of rotatable bonds is 3. The van der Waals surface area contributed by atoms with Gasteiger partial charge in [-0.1, -0.05) is 27.5 Å². The number of halogens is 2. The standard InChI is InChI=1S/C14H7BrClNO2/c15-12-3-2-11(6-10(12)8-18)19-14-4-1-9(7-17)5-13(14)16/h1-6,8H. The maximum absolute atomic E-state index is 10.8. The highest BCUT2D eigenvalue weighted by Gasteiger charge is 2.06. The van der Waals surface area contributed by atoms with E-state index in [0.29, 0.717) is 32.1 Å². The molecule has 0 radical (unpaired) electrons. The minimum atomic E-state index is 0.342. The van der Waals surface area contributed by atoms with Crippen LogP contribution in [0.5, 0.6) is 11.5 Å². The van der Waals surface area contributed by atoms with Crippen LogP contribution in [0, 0.1) is 11.3 Å². The lowest BCUT2D eigenvalue weighted by Gasteiger charge is -2.08. The van der Waals surface area contributed by atoms with Crippen molar-refractivity contribution in [2.45, 2.75) is 0 Å². The van der Waals surface area contributed by atoms with Crippen LogP contribution in [-0.2, 0) is 0 Å². The number of hydrogen-bond acceptors (Lipinski definition) is 3. The molecule has 0 aliphatic heterocycles. The summed E-state index contributed by atoms with van der Waals surface area (Å²) >= 11 is 9.27. The maximum atomic E-state index is 10.8. The number of ether oxygens (including phenoxy) is 1.